The number of halogens is 1. The molecule has 0 saturated carbocycles. The van der Waals surface area contributed by atoms with Crippen LogP contribution in [0.4, 0.5) is 4.39 Å². The second kappa shape index (κ2) is 6.18. The summed E-state index contributed by atoms with van der Waals surface area (Å²) in [6.07, 6.45) is 0. The van der Waals surface area contributed by atoms with Crippen LogP contribution in [0.1, 0.15) is 0 Å². The van der Waals surface area contributed by atoms with E-state index >= 15 is 0 Å². The van der Waals surface area contributed by atoms with Gasteiger partial charge in [0.2, 0.25) is 0 Å². The fraction of sp³-hybridized carbons (Fsp3) is 0. The van der Waals surface area contributed by atoms with E-state index in [1.165, 1.54) is 6.07 Å². The normalized spacial score (nSPS) is 9.47. The first-order valence-electron chi connectivity index (χ1n) is 4.31. The van der Waals surface area contributed by atoms with Gasteiger partial charge >= 0.3 is 51.4 Å². The number of hydrogen-bond acceptors (Lipinski definition) is 1. The standard InChI is InChI=1S/C12H9FS.K.H/c13-11-8-10(6-7-12(11)14)9-4-2-1-3-5-9;;/h1-8,14H;;. The molecule has 0 aliphatic heterocycles. The molecule has 72 valence electrons. The average molecular weight is 244 g/mol. The molecule has 0 spiro atoms. The first-order valence-corrected chi connectivity index (χ1v) is 4.76. The molecule has 0 saturated heterocycles. The zero-order valence-electron chi connectivity index (χ0n) is 7.44. The Bertz CT molecular complexity index is 443. The summed E-state index contributed by atoms with van der Waals surface area (Å²) in [7, 11) is 0. The summed E-state index contributed by atoms with van der Waals surface area (Å²) in [4.78, 5) is 0.379. The van der Waals surface area contributed by atoms with Crippen LogP contribution in [-0.4, -0.2) is 51.4 Å². The van der Waals surface area contributed by atoms with Gasteiger partial charge in [-0.2, -0.15) is 0 Å². The summed E-state index contributed by atoms with van der Waals surface area (Å²) in [5.74, 6) is -0.283. The monoisotopic (exact) mass is 244 g/mol. The second-order valence-corrected chi connectivity index (χ2v) is 3.51. The van der Waals surface area contributed by atoms with Crippen LogP contribution >= 0.6 is 12.6 Å². The van der Waals surface area contributed by atoms with Crippen LogP contribution < -0.4 is 0 Å². The van der Waals surface area contributed by atoms with E-state index < -0.39 is 0 Å². The van der Waals surface area contributed by atoms with Gasteiger partial charge in [-0.1, -0.05) is 36.4 Å². The van der Waals surface area contributed by atoms with Crippen LogP contribution in [-0.2, 0) is 0 Å². The van der Waals surface area contributed by atoms with Crippen molar-refractivity contribution in [3.63, 3.8) is 0 Å². The molecule has 2 aromatic carbocycles. The van der Waals surface area contributed by atoms with Crippen molar-refractivity contribution in [3.05, 3.63) is 54.3 Å². The van der Waals surface area contributed by atoms with E-state index in [0.717, 1.165) is 11.1 Å². The van der Waals surface area contributed by atoms with Gasteiger partial charge in [0.15, 0.2) is 0 Å². The Morgan fingerprint density at radius 3 is 2.13 bits per heavy atom. The van der Waals surface area contributed by atoms with Crippen molar-refractivity contribution in [2.24, 2.45) is 0 Å². The molecule has 0 aliphatic carbocycles. The molecule has 3 heteroatoms. The van der Waals surface area contributed by atoms with Crippen molar-refractivity contribution >= 4 is 64.0 Å². The maximum atomic E-state index is 13.2. The molecule has 2 aromatic rings. The number of benzene rings is 2. The molecule has 15 heavy (non-hydrogen) atoms. The first kappa shape index (κ1) is 13.4. The Morgan fingerprint density at radius 1 is 0.867 bits per heavy atom. The summed E-state index contributed by atoms with van der Waals surface area (Å²) < 4.78 is 13.2. The van der Waals surface area contributed by atoms with Crippen molar-refractivity contribution in [2.45, 2.75) is 4.90 Å². The topological polar surface area (TPSA) is 0 Å². The molecule has 0 N–H and O–H groups in total. The van der Waals surface area contributed by atoms with Gasteiger partial charge in [-0.15, -0.1) is 12.6 Å². The molecule has 0 bridgehead atoms. The third kappa shape index (κ3) is 3.41. The van der Waals surface area contributed by atoms with Crippen LogP contribution in [0.2, 0.25) is 0 Å². The summed E-state index contributed by atoms with van der Waals surface area (Å²) >= 11 is 3.98. The van der Waals surface area contributed by atoms with E-state index in [-0.39, 0.29) is 57.2 Å². The maximum absolute atomic E-state index is 13.2. The van der Waals surface area contributed by atoms with Crippen molar-refractivity contribution < 1.29 is 4.39 Å². The molecule has 0 amide bonds. The average Bonchev–Trinajstić information content (AvgIpc) is 2.23. The van der Waals surface area contributed by atoms with Gasteiger partial charge < -0.3 is 0 Å². The molecular formula is C12H10FKS. The van der Waals surface area contributed by atoms with Gasteiger partial charge in [0.05, 0.1) is 0 Å². The molecule has 2 rings (SSSR count). The Balaban J connectivity index is 0.00000112. The molecular weight excluding hydrogens is 234 g/mol. The molecule has 0 aliphatic rings. The fourth-order valence-electron chi connectivity index (χ4n) is 1.32. The van der Waals surface area contributed by atoms with E-state index in [2.05, 4.69) is 12.6 Å². The Hall–Kier alpha value is 0.356. The third-order valence-corrected chi connectivity index (χ3v) is 2.42. The van der Waals surface area contributed by atoms with Crippen molar-refractivity contribution in [3.8, 4) is 11.1 Å². The van der Waals surface area contributed by atoms with Crippen LogP contribution in [0, 0.1) is 5.82 Å². The van der Waals surface area contributed by atoms with E-state index in [0.29, 0.717) is 4.90 Å². The molecule has 0 atom stereocenters. The predicted molar refractivity (Wildman–Crippen MR) is 66.2 cm³/mol. The van der Waals surface area contributed by atoms with Gasteiger partial charge in [0, 0.05) is 4.90 Å². The van der Waals surface area contributed by atoms with E-state index in [9.17, 15) is 4.39 Å². The molecule has 0 aromatic heterocycles. The van der Waals surface area contributed by atoms with Crippen LogP contribution in [0.15, 0.2) is 53.4 Å². The van der Waals surface area contributed by atoms with Crippen LogP contribution in [0.25, 0.3) is 11.1 Å². The minimum absolute atomic E-state index is 0. The van der Waals surface area contributed by atoms with Crippen LogP contribution in [0.5, 0.6) is 0 Å². The SMILES string of the molecule is Fc1cc(-c2ccccc2)ccc1S.[KH]. The van der Waals surface area contributed by atoms with E-state index in [1.807, 2.05) is 36.4 Å². The van der Waals surface area contributed by atoms with Gasteiger partial charge in [-0.3, -0.25) is 0 Å². The van der Waals surface area contributed by atoms with Crippen molar-refractivity contribution in [1.29, 1.82) is 0 Å². The van der Waals surface area contributed by atoms with Crippen molar-refractivity contribution in [1.82, 2.24) is 0 Å². The summed E-state index contributed by atoms with van der Waals surface area (Å²) in [6, 6.07) is 14.7. The second-order valence-electron chi connectivity index (χ2n) is 3.03. The summed E-state index contributed by atoms with van der Waals surface area (Å²) in [5.41, 5.74) is 1.89. The molecule has 0 nitrogen and oxygen atoms in total. The minimum atomic E-state index is -0.283. The fourth-order valence-corrected chi connectivity index (χ4v) is 1.46. The Labute approximate surface area is 137 Å². The zero-order valence-corrected chi connectivity index (χ0v) is 8.34. The van der Waals surface area contributed by atoms with Gasteiger partial charge in [0.1, 0.15) is 5.82 Å². The zero-order chi connectivity index (χ0) is 9.97. The van der Waals surface area contributed by atoms with E-state index in [4.69, 9.17) is 0 Å². The number of hydrogen-bond donors (Lipinski definition) is 1. The van der Waals surface area contributed by atoms with Gasteiger partial charge in [-0.05, 0) is 23.3 Å². The van der Waals surface area contributed by atoms with E-state index in [1.54, 1.807) is 6.07 Å². The van der Waals surface area contributed by atoms with Crippen molar-refractivity contribution in [2.75, 3.05) is 0 Å². The number of rotatable bonds is 1. The Kier molecular flexibility index (Phi) is 5.53. The van der Waals surface area contributed by atoms with Gasteiger partial charge in [-0.25, -0.2) is 4.39 Å². The molecule has 0 fully saturated rings. The number of thiol groups is 1. The molecule has 0 radical (unpaired) electrons. The first-order chi connectivity index (χ1) is 6.77. The van der Waals surface area contributed by atoms with Gasteiger partial charge in [0.25, 0.3) is 0 Å². The third-order valence-electron chi connectivity index (χ3n) is 2.05. The summed E-state index contributed by atoms with van der Waals surface area (Å²) in [5, 5.41) is 0. The quantitative estimate of drug-likeness (QED) is 0.578. The molecule has 0 heterocycles. The molecule has 0 unspecified atom stereocenters. The predicted octanol–water partition coefficient (Wildman–Crippen LogP) is 3.13. The van der Waals surface area contributed by atoms with Crippen LogP contribution in [0.3, 0.4) is 0 Å². The Morgan fingerprint density at radius 2 is 1.53 bits per heavy atom. The summed E-state index contributed by atoms with van der Waals surface area (Å²) in [6.45, 7) is 0.